The predicted octanol–water partition coefficient (Wildman–Crippen LogP) is 3.29. The number of nitrogens with one attached hydrogen (secondary N) is 1. The molecule has 130 valence electrons. The Morgan fingerprint density at radius 3 is 2.50 bits per heavy atom. The summed E-state index contributed by atoms with van der Waals surface area (Å²) in [5.41, 5.74) is 4.08. The summed E-state index contributed by atoms with van der Waals surface area (Å²) in [5, 5.41) is 3.22. The van der Waals surface area contributed by atoms with Crippen molar-refractivity contribution in [2.45, 2.75) is 19.5 Å². The third kappa shape index (κ3) is 3.57. The van der Waals surface area contributed by atoms with E-state index >= 15 is 0 Å². The Morgan fingerprint density at radius 2 is 1.73 bits per heavy atom. The molecule has 5 nitrogen and oxygen atoms in total. The van der Waals surface area contributed by atoms with Crippen LogP contribution < -0.4 is 5.32 Å². The van der Waals surface area contributed by atoms with E-state index in [1.165, 1.54) is 16.7 Å². The Balaban J connectivity index is 1.40. The minimum absolute atomic E-state index is 0.0680. The predicted molar refractivity (Wildman–Crippen MR) is 101 cm³/mol. The van der Waals surface area contributed by atoms with E-state index in [4.69, 9.17) is 0 Å². The number of rotatable bonds is 4. The van der Waals surface area contributed by atoms with Crippen LogP contribution in [0, 0.1) is 0 Å². The van der Waals surface area contributed by atoms with Crippen LogP contribution in [-0.2, 0) is 19.5 Å². The van der Waals surface area contributed by atoms with Crippen LogP contribution in [0.15, 0.2) is 67.0 Å². The number of anilines is 1. The highest BCUT2D eigenvalue weighted by Gasteiger charge is 2.22. The van der Waals surface area contributed by atoms with E-state index in [0.717, 1.165) is 6.42 Å². The molecule has 0 aliphatic carbocycles. The molecule has 1 aromatic heterocycles. The lowest BCUT2D eigenvalue weighted by molar-refractivity contribution is 0.0728. The van der Waals surface area contributed by atoms with E-state index in [1.807, 2.05) is 47.4 Å². The first kappa shape index (κ1) is 16.3. The molecule has 0 unspecified atom stereocenters. The fraction of sp³-hybridized carbons (Fsp3) is 0.190. The first-order valence-corrected chi connectivity index (χ1v) is 8.75. The molecule has 1 amide bonds. The normalized spacial score (nSPS) is 13.2. The summed E-state index contributed by atoms with van der Waals surface area (Å²) in [6, 6.07) is 18.4. The van der Waals surface area contributed by atoms with E-state index in [0.29, 0.717) is 31.1 Å². The number of aromatic nitrogens is 2. The maximum atomic E-state index is 12.7. The summed E-state index contributed by atoms with van der Waals surface area (Å²) >= 11 is 0. The quantitative estimate of drug-likeness (QED) is 0.789. The number of hydrogen-bond donors (Lipinski definition) is 1. The van der Waals surface area contributed by atoms with Gasteiger partial charge >= 0.3 is 0 Å². The van der Waals surface area contributed by atoms with E-state index in [1.54, 1.807) is 12.4 Å². The monoisotopic (exact) mass is 344 g/mol. The minimum Gasteiger partial charge on any atom is -0.365 e. The van der Waals surface area contributed by atoms with Crippen molar-refractivity contribution >= 4 is 11.7 Å². The van der Waals surface area contributed by atoms with Gasteiger partial charge in [0, 0.05) is 19.6 Å². The maximum absolute atomic E-state index is 12.7. The molecule has 2 aromatic carbocycles. The van der Waals surface area contributed by atoms with Crippen LogP contribution in [0.3, 0.4) is 0 Å². The van der Waals surface area contributed by atoms with Gasteiger partial charge in [0.15, 0.2) is 0 Å². The molecule has 0 atom stereocenters. The zero-order valence-electron chi connectivity index (χ0n) is 14.4. The summed E-state index contributed by atoms with van der Waals surface area (Å²) in [7, 11) is 0. The molecule has 1 aliphatic heterocycles. The molecule has 2 heterocycles. The molecule has 26 heavy (non-hydrogen) atoms. The summed E-state index contributed by atoms with van der Waals surface area (Å²) in [6.45, 7) is 2.02. The van der Waals surface area contributed by atoms with E-state index in [2.05, 4.69) is 27.4 Å². The number of amides is 1. The molecule has 0 fully saturated rings. The fourth-order valence-electron chi connectivity index (χ4n) is 3.15. The van der Waals surface area contributed by atoms with Crippen molar-refractivity contribution in [2.75, 3.05) is 11.9 Å². The second-order valence-corrected chi connectivity index (χ2v) is 6.37. The number of benzene rings is 2. The van der Waals surface area contributed by atoms with Crippen molar-refractivity contribution in [3.63, 3.8) is 0 Å². The first-order valence-electron chi connectivity index (χ1n) is 8.75. The van der Waals surface area contributed by atoms with Gasteiger partial charge < -0.3 is 10.2 Å². The standard InChI is InChI=1S/C21H20N4O/c26-21(25-11-10-17-8-4-5-9-18(17)15-25)19-13-24-20(14-22-19)23-12-16-6-2-1-3-7-16/h1-9,13-14H,10-12,15H2,(H,23,24). The molecule has 5 heteroatoms. The van der Waals surface area contributed by atoms with E-state index < -0.39 is 0 Å². The summed E-state index contributed by atoms with van der Waals surface area (Å²) in [6.07, 6.45) is 4.05. The number of carbonyl (C=O) groups is 1. The average Bonchev–Trinajstić information content (AvgIpc) is 2.72. The highest BCUT2D eigenvalue weighted by Crippen LogP contribution is 2.19. The Bertz CT molecular complexity index is 893. The molecular weight excluding hydrogens is 324 g/mol. The van der Waals surface area contributed by atoms with Crippen molar-refractivity contribution in [3.05, 3.63) is 89.4 Å². The minimum atomic E-state index is -0.0680. The smallest absolute Gasteiger partial charge is 0.274 e. The summed E-state index contributed by atoms with van der Waals surface area (Å²) in [5.74, 6) is 0.594. The number of nitrogens with zero attached hydrogens (tertiary/aromatic N) is 3. The van der Waals surface area contributed by atoms with Crippen LogP contribution in [0.2, 0.25) is 0 Å². The van der Waals surface area contributed by atoms with Gasteiger partial charge in [0.1, 0.15) is 11.5 Å². The van der Waals surface area contributed by atoms with Crippen LogP contribution in [0.4, 0.5) is 5.82 Å². The molecule has 3 aromatic rings. The van der Waals surface area contributed by atoms with Crippen LogP contribution in [0.1, 0.15) is 27.2 Å². The molecule has 0 spiro atoms. The van der Waals surface area contributed by atoms with Crippen LogP contribution in [-0.4, -0.2) is 27.3 Å². The van der Waals surface area contributed by atoms with Crippen molar-refractivity contribution in [1.29, 1.82) is 0 Å². The zero-order chi connectivity index (χ0) is 17.8. The molecule has 1 aliphatic rings. The van der Waals surface area contributed by atoms with E-state index in [-0.39, 0.29) is 5.91 Å². The third-order valence-electron chi connectivity index (χ3n) is 4.61. The molecule has 0 saturated heterocycles. The lowest BCUT2D eigenvalue weighted by Crippen LogP contribution is -2.36. The Kier molecular flexibility index (Phi) is 4.60. The number of carbonyl (C=O) groups excluding carboxylic acids is 1. The van der Waals surface area contributed by atoms with Gasteiger partial charge in [0.25, 0.3) is 5.91 Å². The molecule has 0 bridgehead atoms. The van der Waals surface area contributed by atoms with Gasteiger partial charge in [-0.25, -0.2) is 9.97 Å². The average molecular weight is 344 g/mol. The Hall–Kier alpha value is -3.21. The van der Waals surface area contributed by atoms with Gasteiger partial charge in [-0.1, -0.05) is 54.6 Å². The van der Waals surface area contributed by atoms with Crippen molar-refractivity contribution in [3.8, 4) is 0 Å². The summed E-state index contributed by atoms with van der Waals surface area (Å²) < 4.78 is 0. The van der Waals surface area contributed by atoms with Gasteiger partial charge in [0.2, 0.25) is 0 Å². The van der Waals surface area contributed by atoms with Crippen LogP contribution >= 0.6 is 0 Å². The van der Waals surface area contributed by atoms with Gasteiger partial charge in [0.05, 0.1) is 12.4 Å². The molecule has 0 radical (unpaired) electrons. The van der Waals surface area contributed by atoms with Crippen molar-refractivity contribution in [1.82, 2.24) is 14.9 Å². The van der Waals surface area contributed by atoms with Gasteiger partial charge in [-0.3, -0.25) is 4.79 Å². The zero-order valence-corrected chi connectivity index (χ0v) is 14.4. The number of hydrogen-bond acceptors (Lipinski definition) is 4. The lowest BCUT2D eigenvalue weighted by Gasteiger charge is -2.28. The molecule has 0 saturated carbocycles. The van der Waals surface area contributed by atoms with Crippen molar-refractivity contribution in [2.24, 2.45) is 0 Å². The third-order valence-corrected chi connectivity index (χ3v) is 4.61. The van der Waals surface area contributed by atoms with Gasteiger partial charge in [-0.15, -0.1) is 0 Å². The summed E-state index contributed by atoms with van der Waals surface area (Å²) in [4.78, 5) is 23.2. The first-order chi connectivity index (χ1) is 12.8. The Labute approximate surface area is 152 Å². The Morgan fingerprint density at radius 1 is 0.962 bits per heavy atom. The van der Waals surface area contributed by atoms with E-state index in [9.17, 15) is 4.79 Å². The largest absolute Gasteiger partial charge is 0.365 e. The second-order valence-electron chi connectivity index (χ2n) is 6.37. The second kappa shape index (κ2) is 7.35. The lowest BCUT2D eigenvalue weighted by atomic mass is 10.00. The fourth-order valence-corrected chi connectivity index (χ4v) is 3.15. The van der Waals surface area contributed by atoms with Gasteiger partial charge in [-0.2, -0.15) is 0 Å². The highest BCUT2D eigenvalue weighted by atomic mass is 16.2. The van der Waals surface area contributed by atoms with Crippen molar-refractivity contribution < 1.29 is 4.79 Å². The van der Waals surface area contributed by atoms with Crippen LogP contribution in [0.5, 0.6) is 0 Å². The molecule has 1 N–H and O–H groups in total. The topological polar surface area (TPSA) is 58.1 Å². The SMILES string of the molecule is O=C(c1cnc(NCc2ccccc2)cn1)N1CCc2ccccc2C1. The number of fused-ring (bicyclic) bond motifs is 1. The maximum Gasteiger partial charge on any atom is 0.274 e. The van der Waals surface area contributed by atoms with Gasteiger partial charge in [-0.05, 0) is 23.1 Å². The highest BCUT2D eigenvalue weighted by molar-refractivity contribution is 5.92. The molecule has 4 rings (SSSR count). The van der Waals surface area contributed by atoms with Crippen LogP contribution in [0.25, 0.3) is 0 Å². The molecular formula is C21H20N4O.